The van der Waals surface area contributed by atoms with Gasteiger partial charge in [0.05, 0.1) is 0 Å². The molecule has 0 heterocycles. The molecule has 0 saturated carbocycles. The van der Waals surface area contributed by atoms with Gasteiger partial charge < -0.3 is 5.32 Å². The number of rotatable bonds is 5. The maximum absolute atomic E-state index is 12.7. The molecule has 0 radical (unpaired) electrons. The van der Waals surface area contributed by atoms with Crippen LogP contribution < -0.4 is 5.32 Å². The lowest BCUT2D eigenvalue weighted by Crippen LogP contribution is -2.28. The van der Waals surface area contributed by atoms with E-state index in [0.29, 0.717) is 11.3 Å². The van der Waals surface area contributed by atoms with Gasteiger partial charge in [0.25, 0.3) is 0 Å². The van der Waals surface area contributed by atoms with Crippen LogP contribution in [0.15, 0.2) is 29.2 Å². The Hall–Kier alpha value is -0.540. The molecule has 0 amide bonds. The van der Waals surface area contributed by atoms with Gasteiger partial charge in [-0.25, -0.2) is 4.39 Å². The van der Waals surface area contributed by atoms with Crippen LogP contribution in [0.1, 0.15) is 20.8 Å². The van der Waals surface area contributed by atoms with Gasteiger partial charge in [0.15, 0.2) is 0 Å². The molecule has 1 unspecified atom stereocenters. The molecule has 1 rings (SSSR count). The Morgan fingerprint density at radius 1 is 1.20 bits per heavy atom. The van der Waals surface area contributed by atoms with Gasteiger partial charge in [-0.3, -0.25) is 0 Å². The van der Waals surface area contributed by atoms with Crippen LogP contribution >= 0.6 is 11.8 Å². The van der Waals surface area contributed by atoms with Gasteiger partial charge in [0.2, 0.25) is 0 Å². The Labute approximate surface area is 95.5 Å². The van der Waals surface area contributed by atoms with Crippen LogP contribution in [0.25, 0.3) is 0 Å². The van der Waals surface area contributed by atoms with Crippen LogP contribution in [-0.4, -0.2) is 17.8 Å². The molecule has 1 aromatic carbocycles. The summed E-state index contributed by atoms with van der Waals surface area (Å²) in [4.78, 5) is 1.12. The summed E-state index contributed by atoms with van der Waals surface area (Å²) in [6, 6.07) is 7.18. The quantitative estimate of drug-likeness (QED) is 0.775. The van der Waals surface area contributed by atoms with Gasteiger partial charge in [0.1, 0.15) is 5.82 Å². The third kappa shape index (κ3) is 5.19. The van der Waals surface area contributed by atoms with Crippen molar-refractivity contribution in [3.05, 3.63) is 30.1 Å². The van der Waals surface area contributed by atoms with E-state index >= 15 is 0 Å². The van der Waals surface area contributed by atoms with Crippen LogP contribution in [0.2, 0.25) is 0 Å². The fraction of sp³-hybridized carbons (Fsp3) is 0.500. The van der Waals surface area contributed by atoms with Crippen molar-refractivity contribution in [3.63, 3.8) is 0 Å². The summed E-state index contributed by atoms with van der Waals surface area (Å²) in [6.45, 7) is 7.41. The lowest BCUT2D eigenvalue weighted by molar-refractivity contribution is 0.589. The smallest absolute Gasteiger partial charge is 0.123 e. The Balaban J connectivity index is 2.37. The van der Waals surface area contributed by atoms with Gasteiger partial charge in [0, 0.05) is 22.7 Å². The van der Waals surface area contributed by atoms with E-state index in [9.17, 15) is 4.39 Å². The SMILES string of the molecule is CC(C)NCC(C)Sc1ccc(F)cc1. The van der Waals surface area contributed by atoms with E-state index in [0.717, 1.165) is 11.4 Å². The number of nitrogens with one attached hydrogen (secondary N) is 1. The highest BCUT2D eigenvalue weighted by Gasteiger charge is 2.04. The topological polar surface area (TPSA) is 12.0 Å². The van der Waals surface area contributed by atoms with Crippen molar-refractivity contribution < 1.29 is 4.39 Å². The zero-order chi connectivity index (χ0) is 11.3. The van der Waals surface area contributed by atoms with Crippen LogP contribution in [-0.2, 0) is 0 Å². The predicted octanol–water partition coefficient (Wildman–Crippen LogP) is 3.30. The number of hydrogen-bond acceptors (Lipinski definition) is 2. The van der Waals surface area contributed by atoms with Crippen molar-refractivity contribution in [2.75, 3.05) is 6.54 Å². The average molecular weight is 227 g/mol. The Kier molecular flexibility index (Phi) is 5.12. The normalized spacial score (nSPS) is 13.1. The minimum atomic E-state index is -0.174. The van der Waals surface area contributed by atoms with Crippen LogP contribution in [0, 0.1) is 5.82 Å². The predicted molar refractivity (Wildman–Crippen MR) is 64.9 cm³/mol. The molecule has 1 aromatic rings. The summed E-state index contributed by atoms with van der Waals surface area (Å²) in [6.07, 6.45) is 0. The molecule has 0 aliphatic carbocycles. The summed E-state index contributed by atoms with van der Waals surface area (Å²) in [7, 11) is 0. The second-order valence-electron chi connectivity index (χ2n) is 3.95. The molecule has 0 bridgehead atoms. The van der Waals surface area contributed by atoms with E-state index in [4.69, 9.17) is 0 Å². The molecule has 0 aromatic heterocycles. The highest BCUT2D eigenvalue weighted by Crippen LogP contribution is 2.22. The molecule has 0 saturated heterocycles. The third-order valence-corrected chi connectivity index (χ3v) is 3.08. The maximum Gasteiger partial charge on any atom is 0.123 e. The first-order valence-electron chi connectivity index (χ1n) is 5.23. The molecule has 0 aliphatic heterocycles. The molecule has 0 spiro atoms. The first-order chi connectivity index (χ1) is 7.08. The first-order valence-corrected chi connectivity index (χ1v) is 6.11. The summed E-state index contributed by atoms with van der Waals surface area (Å²) in [5.41, 5.74) is 0. The summed E-state index contributed by atoms with van der Waals surface area (Å²) in [5, 5.41) is 3.88. The van der Waals surface area contributed by atoms with E-state index in [1.54, 1.807) is 11.8 Å². The maximum atomic E-state index is 12.7. The largest absolute Gasteiger partial charge is 0.313 e. The molecular formula is C12H18FNS. The van der Waals surface area contributed by atoms with Crippen LogP contribution in [0.3, 0.4) is 0 Å². The van der Waals surface area contributed by atoms with E-state index in [1.807, 2.05) is 12.1 Å². The molecule has 0 aliphatic rings. The number of hydrogen-bond donors (Lipinski definition) is 1. The van der Waals surface area contributed by atoms with E-state index in [-0.39, 0.29) is 5.82 Å². The molecule has 15 heavy (non-hydrogen) atoms. The van der Waals surface area contributed by atoms with Crippen LogP contribution in [0.5, 0.6) is 0 Å². The van der Waals surface area contributed by atoms with Crippen molar-refractivity contribution in [3.8, 4) is 0 Å². The van der Waals surface area contributed by atoms with Crippen molar-refractivity contribution in [2.24, 2.45) is 0 Å². The lowest BCUT2D eigenvalue weighted by Gasteiger charge is -2.14. The molecule has 84 valence electrons. The molecular weight excluding hydrogens is 209 g/mol. The number of benzene rings is 1. The summed E-state index contributed by atoms with van der Waals surface area (Å²) < 4.78 is 12.7. The summed E-state index contributed by atoms with van der Waals surface area (Å²) >= 11 is 1.77. The van der Waals surface area contributed by atoms with Gasteiger partial charge in [-0.1, -0.05) is 20.8 Å². The lowest BCUT2D eigenvalue weighted by atomic mass is 10.3. The number of halogens is 1. The minimum absolute atomic E-state index is 0.174. The Bertz CT molecular complexity index is 284. The van der Waals surface area contributed by atoms with Gasteiger partial charge in [-0.05, 0) is 24.3 Å². The molecule has 1 atom stereocenters. The van der Waals surface area contributed by atoms with Crippen molar-refractivity contribution in [1.29, 1.82) is 0 Å². The number of thioether (sulfide) groups is 1. The fourth-order valence-corrected chi connectivity index (χ4v) is 2.13. The third-order valence-electron chi connectivity index (χ3n) is 1.96. The minimum Gasteiger partial charge on any atom is -0.313 e. The molecule has 1 nitrogen and oxygen atoms in total. The molecule has 1 N–H and O–H groups in total. The summed E-state index contributed by atoms with van der Waals surface area (Å²) in [5.74, 6) is -0.174. The highest BCUT2D eigenvalue weighted by molar-refractivity contribution is 8.00. The average Bonchev–Trinajstić information content (AvgIpc) is 2.19. The van der Waals surface area contributed by atoms with E-state index in [1.165, 1.54) is 12.1 Å². The zero-order valence-corrected chi connectivity index (χ0v) is 10.3. The van der Waals surface area contributed by atoms with Gasteiger partial charge in [-0.15, -0.1) is 11.8 Å². The Morgan fingerprint density at radius 3 is 2.33 bits per heavy atom. The van der Waals surface area contributed by atoms with E-state index in [2.05, 4.69) is 26.1 Å². The van der Waals surface area contributed by atoms with Gasteiger partial charge >= 0.3 is 0 Å². The second kappa shape index (κ2) is 6.13. The van der Waals surface area contributed by atoms with Crippen molar-refractivity contribution in [1.82, 2.24) is 5.32 Å². The zero-order valence-electron chi connectivity index (χ0n) is 9.46. The van der Waals surface area contributed by atoms with Crippen LogP contribution in [0.4, 0.5) is 4.39 Å². The molecule has 0 fully saturated rings. The Morgan fingerprint density at radius 2 is 1.80 bits per heavy atom. The standard InChI is InChI=1S/C12H18FNS/c1-9(2)14-8-10(3)15-12-6-4-11(13)5-7-12/h4-7,9-10,14H,8H2,1-3H3. The highest BCUT2D eigenvalue weighted by atomic mass is 32.2. The van der Waals surface area contributed by atoms with E-state index < -0.39 is 0 Å². The fourth-order valence-electron chi connectivity index (χ4n) is 1.19. The monoisotopic (exact) mass is 227 g/mol. The van der Waals surface area contributed by atoms with Crippen molar-refractivity contribution in [2.45, 2.75) is 37.0 Å². The van der Waals surface area contributed by atoms with Crippen molar-refractivity contribution >= 4 is 11.8 Å². The van der Waals surface area contributed by atoms with Gasteiger partial charge in [-0.2, -0.15) is 0 Å². The first kappa shape index (κ1) is 12.5. The second-order valence-corrected chi connectivity index (χ2v) is 5.46. The molecule has 3 heteroatoms.